The number of rotatable bonds is 4. The average Bonchev–Trinajstić information content (AvgIpc) is 2.54. The lowest BCUT2D eigenvalue weighted by Crippen LogP contribution is -2.37. The van der Waals surface area contributed by atoms with Crippen molar-refractivity contribution in [2.75, 3.05) is 11.4 Å². The summed E-state index contributed by atoms with van der Waals surface area (Å²) in [6.07, 6.45) is 1.04. The van der Waals surface area contributed by atoms with E-state index in [-0.39, 0.29) is 11.4 Å². The summed E-state index contributed by atoms with van der Waals surface area (Å²) < 4.78 is 29.3. The molecular weight excluding hydrogens is 456 g/mol. The highest BCUT2D eigenvalue weighted by atomic mass is 79.9. The number of sulfonamides is 1. The van der Waals surface area contributed by atoms with Crippen LogP contribution in [0.25, 0.3) is 10.8 Å². The number of halogens is 2. The van der Waals surface area contributed by atoms with E-state index in [1.807, 2.05) is 0 Å². The van der Waals surface area contributed by atoms with Crippen LogP contribution in [-0.4, -0.2) is 26.7 Å². The molecule has 0 aliphatic rings. The van der Waals surface area contributed by atoms with E-state index in [2.05, 4.69) is 15.9 Å². The van der Waals surface area contributed by atoms with Gasteiger partial charge in [-0.3, -0.25) is 4.90 Å². The van der Waals surface area contributed by atoms with Gasteiger partial charge in [0, 0.05) is 16.6 Å². The van der Waals surface area contributed by atoms with E-state index >= 15 is 0 Å². The van der Waals surface area contributed by atoms with Crippen molar-refractivity contribution in [2.45, 2.75) is 31.3 Å². The van der Waals surface area contributed by atoms with Crippen LogP contribution in [0, 0.1) is 0 Å². The Morgan fingerprint density at radius 2 is 1.93 bits per heavy atom. The van der Waals surface area contributed by atoms with Gasteiger partial charge in [-0.05, 0) is 65.7 Å². The number of anilines is 1. The van der Waals surface area contributed by atoms with Gasteiger partial charge in [0.15, 0.2) is 0 Å². The quantitative estimate of drug-likeness (QED) is 0.691. The minimum atomic E-state index is -3.85. The van der Waals surface area contributed by atoms with E-state index in [0.29, 0.717) is 15.5 Å². The van der Waals surface area contributed by atoms with Crippen LogP contribution in [-0.2, 0) is 14.8 Å². The number of nitrogens with zero attached hydrogens (tertiary/aromatic N) is 1. The summed E-state index contributed by atoms with van der Waals surface area (Å²) in [7, 11) is -3.85. The summed E-state index contributed by atoms with van der Waals surface area (Å²) in [4.78, 5) is 14.1. The zero-order chi connectivity index (χ0) is 20.4. The Kier molecular flexibility index (Phi) is 6.57. The predicted molar refractivity (Wildman–Crippen MR) is 112 cm³/mol. The van der Waals surface area contributed by atoms with E-state index in [0.717, 1.165) is 5.39 Å². The molecule has 146 valence electrons. The lowest BCUT2D eigenvalue weighted by Gasteiger charge is -2.27. The molecule has 0 heterocycles. The fourth-order valence-electron chi connectivity index (χ4n) is 2.37. The first kappa shape index (κ1) is 21.7. The molecule has 0 bridgehead atoms. The average molecular weight is 476 g/mol. The van der Waals surface area contributed by atoms with Gasteiger partial charge in [0.25, 0.3) is 0 Å². The van der Waals surface area contributed by atoms with Gasteiger partial charge in [-0.2, -0.15) is 0 Å². The smallest absolute Gasteiger partial charge is 0.415 e. The van der Waals surface area contributed by atoms with E-state index in [4.69, 9.17) is 21.5 Å². The monoisotopic (exact) mass is 474 g/mol. The van der Waals surface area contributed by atoms with Crippen molar-refractivity contribution >= 4 is 60.1 Å². The number of fused-ring (bicyclic) bond motifs is 1. The number of benzene rings is 2. The zero-order valence-corrected chi connectivity index (χ0v) is 18.2. The number of carbonyl (C=O) groups is 1. The fourth-order valence-corrected chi connectivity index (χ4v) is 3.68. The molecule has 0 aromatic heterocycles. The lowest BCUT2D eigenvalue weighted by atomic mass is 10.1. The van der Waals surface area contributed by atoms with E-state index in [1.165, 1.54) is 22.6 Å². The minimum Gasteiger partial charge on any atom is -0.443 e. The van der Waals surface area contributed by atoms with Gasteiger partial charge in [-0.1, -0.05) is 29.8 Å². The molecule has 0 saturated heterocycles. The van der Waals surface area contributed by atoms with Crippen LogP contribution in [0.15, 0.2) is 51.3 Å². The molecule has 0 aliphatic heterocycles. The molecule has 6 nitrogen and oxygen atoms in total. The van der Waals surface area contributed by atoms with Crippen LogP contribution in [0.4, 0.5) is 10.5 Å². The molecule has 27 heavy (non-hydrogen) atoms. The third kappa shape index (κ3) is 5.44. The Hall–Kier alpha value is -1.61. The molecule has 9 heteroatoms. The van der Waals surface area contributed by atoms with Crippen LogP contribution in [0.5, 0.6) is 0 Å². The molecule has 0 atom stereocenters. The molecular formula is C18H20BrClN2O4S. The van der Waals surface area contributed by atoms with Gasteiger partial charge in [-0.15, -0.1) is 0 Å². The van der Waals surface area contributed by atoms with Crippen molar-refractivity contribution in [2.24, 2.45) is 5.14 Å². The molecule has 2 N–H and O–H groups in total. The molecule has 0 fully saturated rings. The Labute approximate surface area is 172 Å². The molecule has 2 aromatic carbocycles. The van der Waals surface area contributed by atoms with Gasteiger partial charge in [0.2, 0.25) is 10.0 Å². The van der Waals surface area contributed by atoms with Crippen LogP contribution >= 0.6 is 27.5 Å². The number of amides is 1. The standard InChI is InChI=1S/C18H20BrClN2O4S/c1-18(2,3)26-17(23)22(10-4-9-20)15-8-6-12-5-7-13(27(21,24)25)11-14(12)16(15)19/h4-9,11H,10H2,1-3H3,(H2,21,24,25)/b9-4+. The lowest BCUT2D eigenvalue weighted by molar-refractivity contribution is 0.0584. The first-order chi connectivity index (χ1) is 12.4. The summed E-state index contributed by atoms with van der Waals surface area (Å²) in [5.74, 6) is 0. The summed E-state index contributed by atoms with van der Waals surface area (Å²) in [6, 6.07) is 8.08. The SMILES string of the molecule is CC(C)(C)OC(=O)N(C/C=C/Cl)c1ccc2ccc(S(N)(=O)=O)cc2c1Br. The Morgan fingerprint density at radius 1 is 1.30 bits per heavy atom. The number of nitrogens with two attached hydrogens (primary N) is 1. The van der Waals surface area contributed by atoms with Gasteiger partial charge in [-0.25, -0.2) is 18.4 Å². The minimum absolute atomic E-state index is 0.0164. The van der Waals surface area contributed by atoms with Gasteiger partial charge < -0.3 is 4.74 Å². The normalized spacial score (nSPS) is 12.5. The molecule has 0 saturated carbocycles. The molecule has 0 radical (unpaired) electrons. The highest BCUT2D eigenvalue weighted by Gasteiger charge is 2.25. The number of primary sulfonamides is 1. The first-order valence-electron chi connectivity index (χ1n) is 7.95. The molecule has 0 spiro atoms. The fraction of sp³-hybridized carbons (Fsp3) is 0.278. The van der Waals surface area contributed by atoms with Crippen molar-refractivity contribution in [1.82, 2.24) is 0 Å². The van der Waals surface area contributed by atoms with Crippen LogP contribution < -0.4 is 10.0 Å². The second-order valence-electron chi connectivity index (χ2n) is 6.78. The molecule has 0 aliphatic carbocycles. The summed E-state index contributed by atoms with van der Waals surface area (Å²) in [5.41, 5.74) is 1.15. The van der Waals surface area contributed by atoms with Crippen molar-refractivity contribution in [1.29, 1.82) is 0 Å². The van der Waals surface area contributed by atoms with E-state index in [9.17, 15) is 13.2 Å². The predicted octanol–water partition coefficient (Wildman–Crippen LogP) is 4.74. The van der Waals surface area contributed by atoms with Crippen molar-refractivity contribution in [3.8, 4) is 0 Å². The second-order valence-corrected chi connectivity index (χ2v) is 9.39. The summed E-state index contributed by atoms with van der Waals surface area (Å²) in [6.45, 7) is 5.49. The van der Waals surface area contributed by atoms with Crippen LogP contribution in [0.3, 0.4) is 0 Å². The molecule has 2 rings (SSSR count). The number of carbonyl (C=O) groups excluding carboxylic acids is 1. The summed E-state index contributed by atoms with van der Waals surface area (Å²) >= 11 is 9.11. The maximum atomic E-state index is 12.7. The summed E-state index contributed by atoms with van der Waals surface area (Å²) in [5, 5.41) is 6.61. The van der Waals surface area contributed by atoms with Gasteiger partial charge in [0.1, 0.15) is 5.60 Å². The van der Waals surface area contributed by atoms with Crippen molar-refractivity contribution in [3.05, 3.63) is 46.4 Å². The molecule has 0 unspecified atom stereocenters. The topological polar surface area (TPSA) is 89.7 Å². The highest BCUT2D eigenvalue weighted by Crippen LogP contribution is 2.35. The van der Waals surface area contributed by atoms with Crippen LogP contribution in [0.2, 0.25) is 0 Å². The molecule has 1 amide bonds. The largest absolute Gasteiger partial charge is 0.443 e. The Balaban J connectivity index is 2.61. The second kappa shape index (κ2) is 8.18. The van der Waals surface area contributed by atoms with Crippen LogP contribution in [0.1, 0.15) is 20.8 Å². The first-order valence-corrected chi connectivity index (χ1v) is 10.7. The number of ether oxygens (including phenoxy) is 1. The van der Waals surface area contributed by atoms with E-state index in [1.54, 1.807) is 45.0 Å². The zero-order valence-electron chi connectivity index (χ0n) is 15.1. The number of hydrogen-bond donors (Lipinski definition) is 1. The van der Waals surface area contributed by atoms with E-state index < -0.39 is 21.7 Å². The Bertz CT molecular complexity index is 1000. The van der Waals surface area contributed by atoms with Gasteiger partial charge >= 0.3 is 6.09 Å². The van der Waals surface area contributed by atoms with Crippen molar-refractivity contribution < 1.29 is 17.9 Å². The maximum Gasteiger partial charge on any atom is 0.415 e. The molecule has 2 aromatic rings. The highest BCUT2D eigenvalue weighted by molar-refractivity contribution is 9.10. The third-order valence-electron chi connectivity index (χ3n) is 3.52. The van der Waals surface area contributed by atoms with Crippen molar-refractivity contribution in [3.63, 3.8) is 0 Å². The van der Waals surface area contributed by atoms with Gasteiger partial charge in [0.05, 0.1) is 10.6 Å². The third-order valence-corrected chi connectivity index (χ3v) is 5.44. The maximum absolute atomic E-state index is 12.7. The Morgan fingerprint density at radius 3 is 2.48 bits per heavy atom. The number of hydrogen-bond acceptors (Lipinski definition) is 4.